The van der Waals surface area contributed by atoms with Crippen LogP contribution in [0.25, 0.3) is 10.9 Å². The van der Waals surface area contributed by atoms with Gasteiger partial charge in [0, 0.05) is 36.4 Å². The number of nitrogens with one attached hydrogen (secondary N) is 5. The molecule has 3 aromatic rings. The van der Waals surface area contributed by atoms with Crippen LogP contribution in [0.1, 0.15) is 63.5 Å². The number of primary amides is 1. The Morgan fingerprint density at radius 1 is 0.804 bits per heavy atom. The number of phenols is 1. The predicted molar refractivity (Wildman–Crippen MR) is 190 cm³/mol. The number of hydrogen-bond donors (Lipinski definition) is 9. The lowest BCUT2D eigenvalue weighted by molar-refractivity contribution is -0.142. The average Bonchev–Trinajstić information content (AvgIpc) is 3.51. The van der Waals surface area contributed by atoms with E-state index in [2.05, 4.69) is 26.3 Å². The molecule has 15 nitrogen and oxygen atoms in total. The minimum Gasteiger partial charge on any atom is -0.508 e. The molecule has 0 saturated heterocycles. The quantitative estimate of drug-likeness (QED) is 0.0768. The smallest absolute Gasteiger partial charge is 0.326 e. The Hall–Kier alpha value is -5.44. The van der Waals surface area contributed by atoms with Crippen LogP contribution in [0.15, 0.2) is 54.7 Å². The fourth-order valence-electron chi connectivity index (χ4n) is 5.46. The summed E-state index contributed by atoms with van der Waals surface area (Å²) in [6.07, 6.45) is 2.94. The molecule has 0 spiro atoms. The number of aromatic hydroxyl groups is 1. The lowest BCUT2D eigenvalue weighted by Crippen LogP contribution is -2.59. The Labute approximate surface area is 296 Å². The maximum absolute atomic E-state index is 14.1. The number of carboxylic acid groups (broad SMARTS) is 1. The number of para-hydroxylation sites is 1. The van der Waals surface area contributed by atoms with Crippen molar-refractivity contribution in [2.24, 2.45) is 17.4 Å². The maximum Gasteiger partial charge on any atom is 0.326 e. The number of H-pyrrole nitrogens is 1. The molecule has 11 N–H and O–H groups in total. The van der Waals surface area contributed by atoms with Crippen LogP contribution >= 0.6 is 0 Å². The molecule has 0 fully saturated rings. The van der Waals surface area contributed by atoms with Crippen molar-refractivity contribution in [2.45, 2.75) is 89.4 Å². The summed E-state index contributed by atoms with van der Waals surface area (Å²) < 4.78 is 0. The van der Waals surface area contributed by atoms with E-state index in [1.165, 1.54) is 12.1 Å². The number of benzene rings is 2. The molecule has 0 radical (unpaired) electrons. The van der Waals surface area contributed by atoms with E-state index in [1.807, 2.05) is 38.1 Å². The number of aliphatic carboxylic acids is 1. The number of rotatable bonds is 21. The predicted octanol–water partition coefficient (Wildman–Crippen LogP) is 1.12. The Balaban J connectivity index is 1.92. The number of carboxylic acids is 1. The molecule has 276 valence electrons. The molecular weight excluding hydrogens is 658 g/mol. The van der Waals surface area contributed by atoms with E-state index in [4.69, 9.17) is 11.5 Å². The van der Waals surface area contributed by atoms with Crippen molar-refractivity contribution >= 4 is 46.4 Å². The SMILES string of the molecule is CCC(C)CCC(=O)N[C@H](CC(N)=O)C(=O)N[C@H](Cc1ccc(O)cc1)C(=O)N[C@H](Cc1c[nH]c2ccccc12)C(=O)N[C@H](CCCN)C(=O)O. The molecule has 0 aliphatic heterocycles. The Morgan fingerprint density at radius 2 is 1.41 bits per heavy atom. The van der Waals surface area contributed by atoms with E-state index in [0.717, 1.165) is 17.3 Å². The Morgan fingerprint density at radius 3 is 2.02 bits per heavy atom. The van der Waals surface area contributed by atoms with Gasteiger partial charge in [0.05, 0.1) is 6.42 Å². The van der Waals surface area contributed by atoms with Crippen LogP contribution < -0.4 is 32.7 Å². The van der Waals surface area contributed by atoms with Gasteiger partial charge in [-0.25, -0.2) is 4.79 Å². The minimum absolute atomic E-state index is 0.0245. The van der Waals surface area contributed by atoms with Crippen LogP contribution in [0.4, 0.5) is 0 Å². The van der Waals surface area contributed by atoms with Gasteiger partial charge in [0.2, 0.25) is 29.5 Å². The first-order chi connectivity index (χ1) is 24.3. The van der Waals surface area contributed by atoms with Gasteiger partial charge < -0.3 is 47.9 Å². The zero-order chi connectivity index (χ0) is 37.5. The molecular formula is C36H49N7O8. The zero-order valence-corrected chi connectivity index (χ0v) is 28.9. The first-order valence-electron chi connectivity index (χ1n) is 17.1. The summed E-state index contributed by atoms with van der Waals surface area (Å²) in [6, 6.07) is 7.93. The van der Waals surface area contributed by atoms with Crippen molar-refractivity contribution in [3.8, 4) is 5.75 Å². The van der Waals surface area contributed by atoms with E-state index < -0.39 is 66.1 Å². The largest absolute Gasteiger partial charge is 0.508 e. The summed E-state index contributed by atoms with van der Waals surface area (Å²) in [7, 11) is 0. The van der Waals surface area contributed by atoms with E-state index in [9.17, 15) is 39.0 Å². The first kappa shape index (κ1) is 40.0. The van der Waals surface area contributed by atoms with Crippen LogP contribution in [-0.4, -0.2) is 81.4 Å². The monoisotopic (exact) mass is 707 g/mol. The van der Waals surface area contributed by atoms with E-state index >= 15 is 0 Å². The van der Waals surface area contributed by atoms with Crippen LogP contribution in [0, 0.1) is 5.92 Å². The highest BCUT2D eigenvalue weighted by molar-refractivity contribution is 5.97. The van der Waals surface area contributed by atoms with Crippen molar-refractivity contribution in [3.63, 3.8) is 0 Å². The summed E-state index contributed by atoms with van der Waals surface area (Å²) in [5.74, 6) is -4.77. The van der Waals surface area contributed by atoms with Crippen molar-refractivity contribution in [1.82, 2.24) is 26.3 Å². The standard InChI is InChI=1S/C36H49N7O8/c1-3-21(2)10-15-32(46)40-30(19-31(38)45)35(49)42-28(17-22-11-13-24(44)14-12-22)33(47)43-29(34(48)41-27(36(50)51)9-6-16-37)18-23-20-39-26-8-5-4-7-25(23)26/h4-5,7-8,11-14,20-21,27-30,39,44H,3,6,9-10,15-19,37H2,1-2H3,(H2,38,45)(H,40,46)(H,41,48)(H,42,49)(H,43,47)(H,50,51)/t21?,27-,28-,29-,30-/m1/s1. The molecule has 5 amide bonds. The molecule has 0 bridgehead atoms. The molecule has 1 unspecified atom stereocenters. The molecule has 15 heteroatoms. The molecule has 5 atom stereocenters. The highest BCUT2D eigenvalue weighted by Gasteiger charge is 2.32. The number of aromatic nitrogens is 1. The van der Waals surface area contributed by atoms with Crippen LogP contribution in [0.2, 0.25) is 0 Å². The average molecular weight is 708 g/mol. The Bertz CT molecular complexity index is 1660. The van der Waals surface area contributed by atoms with Gasteiger partial charge in [-0.3, -0.25) is 24.0 Å². The van der Waals surface area contributed by atoms with Gasteiger partial charge in [-0.15, -0.1) is 0 Å². The van der Waals surface area contributed by atoms with E-state index in [-0.39, 0.29) is 43.9 Å². The molecule has 51 heavy (non-hydrogen) atoms. The first-order valence-corrected chi connectivity index (χ1v) is 17.1. The summed E-state index contributed by atoms with van der Waals surface area (Å²) in [4.78, 5) is 81.1. The second-order valence-electron chi connectivity index (χ2n) is 12.7. The highest BCUT2D eigenvalue weighted by atomic mass is 16.4. The molecule has 0 aliphatic carbocycles. The topological polar surface area (TPSA) is 259 Å². The minimum atomic E-state index is -1.38. The number of fused-ring (bicyclic) bond motifs is 1. The molecule has 1 heterocycles. The number of nitrogens with two attached hydrogens (primary N) is 2. The van der Waals surface area contributed by atoms with Crippen LogP contribution in [0.5, 0.6) is 5.75 Å². The number of amides is 5. The number of hydrogen-bond acceptors (Lipinski definition) is 8. The van der Waals surface area contributed by atoms with Gasteiger partial charge >= 0.3 is 5.97 Å². The fourth-order valence-corrected chi connectivity index (χ4v) is 5.46. The summed E-state index contributed by atoms with van der Waals surface area (Å²) >= 11 is 0. The number of carbonyl (C=O) groups is 6. The summed E-state index contributed by atoms with van der Waals surface area (Å²) in [5, 5.41) is 30.7. The molecule has 3 rings (SSSR count). The number of aromatic amines is 1. The fraction of sp³-hybridized carbons (Fsp3) is 0.444. The summed E-state index contributed by atoms with van der Waals surface area (Å²) in [6.45, 7) is 4.19. The highest BCUT2D eigenvalue weighted by Crippen LogP contribution is 2.20. The van der Waals surface area contributed by atoms with Gasteiger partial charge in [0.25, 0.3) is 0 Å². The Kier molecular flexibility index (Phi) is 15.4. The van der Waals surface area contributed by atoms with Crippen molar-refractivity contribution < 1.29 is 39.0 Å². The molecule has 1 aromatic heterocycles. The number of carbonyl (C=O) groups excluding carboxylic acids is 5. The zero-order valence-electron chi connectivity index (χ0n) is 28.9. The van der Waals surface area contributed by atoms with Crippen molar-refractivity contribution in [3.05, 3.63) is 65.9 Å². The third kappa shape index (κ3) is 12.8. The maximum atomic E-state index is 14.1. The van der Waals surface area contributed by atoms with Gasteiger partial charge in [-0.1, -0.05) is 50.6 Å². The van der Waals surface area contributed by atoms with Crippen molar-refractivity contribution in [1.29, 1.82) is 0 Å². The summed E-state index contributed by atoms with van der Waals surface area (Å²) in [5.41, 5.74) is 13.0. The van der Waals surface area contributed by atoms with E-state index in [0.29, 0.717) is 24.0 Å². The second kappa shape index (κ2) is 19.7. The van der Waals surface area contributed by atoms with Gasteiger partial charge in [-0.05, 0) is 61.1 Å². The van der Waals surface area contributed by atoms with Crippen molar-refractivity contribution in [2.75, 3.05) is 6.54 Å². The molecule has 0 aliphatic rings. The third-order valence-corrected chi connectivity index (χ3v) is 8.67. The van der Waals surface area contributed by atoms with Gasteiger partial charge in [0.15, 0.2) is 0 Å². The molecule has 2 aromatic carbocycles. The normalized spacial score (nSPS) is 14.0. The third-order valence-electron chi connectivity index (χ3n) is 8.67. The lowest BCUT2D eigenvalue weighted by atomic mass is 10.0. The molecule has 0 saturated carbocycles. The van der Waals surface area contributed by atoms with Gasteiger partial charge in [0.1, 0.15) is 29.9 Å². The lowest BCUT2D eigenvalue weighted by Gasteiger charge is -2.26. The van der Waals surface area contributed by atoms with E-state index in [1.54, 1.807) is 18.3 Å². The van der Waals surface area contributed by atoms with Crippen LogP contribution in [0.3, 0.4) is 0 Å². The second-order valence-corrected chi connectivity index (χ2v) is 12.7. The number of phenolic OH excluding ortho intramolecular Hbond substituents is 1. The van der Waals surface area contributed by atoms with Crippen LogP contribution in [-0.2, 0) is 41.6 Å². The van der Waals surface area contributed by atoms with Gasteiger partial charge in [-0.2, -0.15) is 0 Å².